The fourth-order valence-electron chi connectivity index (χ4n) is 3.62. The Kier molecular flexibility index (Phi) is 5.51. The third kappa shape index (κ3) is 4.30. The summed E-state index contributed by atoms with van der Waals surface area (Å²) >= 11 is 0. The number of carbonyl (C=O) groups is 1. The van der Waals surface area contributed by atoms with Gasteiger partial charge in [0.2, 0.25) is 0 Å². The molecule has 28 heavy (non-hydrogen) atoms. The zero-order valence-electron chi connectivity index (χ0n) is 16.1. The third-order valence-corrected chi connectivity index (χ3v) is 5.23. The number of nitrogens with one attached hydrogen (secondary N) is 1. The monoisotopic (exact) mass is 375 g/mol. The van der Waals surface area contributed by atoms with Crippen molar-refractivity contribution in [3.8, 4) is 17.0 Å². The highest BCUT2D eigenvalue weighted by molar-refractivity contribution is 5.81. The van der Waals surface area contributed by atoms with E-state index in [1.54, 1.807) is 13.1 Å². The third-order valence-electron chi connectivity index (χ3n) is 5.23. The number of nitrogens with zero attached hydrogens (tertiary/aromatic N) is 2. The molecule has 0 radical (unpaired) electrons. The fourth-order valence-corrected chi connectivity index (χ4v) is 3.62. The molecule has 1 atom stereocenters. The van der Waals surface area contributed by atoms with Crippen molar-refractivity contribution in [2.45, 2.75) is 51.2 Å². The minimum Gasteiger partial charge on any atom is -0.481 e. The van der Waals surface area contributed by atoms with Gasteiger partial charge in [0.1, 0.15) is 5.75 Å². The number of carbonyl (C=O) groups excluding carboxylic acids is 1. The minimum absolute atomic E-state index is 0.0450. The molecular formula is C23H25N3O2. The first-order valence-electron chi connectivity index (χ1n) is 9.98. The van der Waals surface area contributed by atoms with Crippen molar-refractivity contribution in [2.75, 3.05) is 0 Å². The Morgan fingerprint density at radius 3 is 2.50 bits per heavy atom. The van der Waals surface area contributed by atoms with Gasteiger partial charge in [-0.25, -0.2) is 4.98 Å². The van der Waals surface area contributed by atoms with Gasteiger partial charge in [-0.1, -0.05) is 31.4 Å². The smallest absolute Gasteiger partial charge is 0.260 e. The van der Waals surface area contributed by atoms with Gasteiger partial charge in [-0.2, -0.15) is 0 Å². The van der Waals surface area contributed by atoms with E-state index in [9.17, 15) is 4.79 Å². The lowest BCUT2D eigenvalue weighted by Crippen LogP contribution is -2.43. The summed E-state index contributed by atoms with van der Waals surface area (Å²) in [6, 6.07) is 15.7. The maximum absolute atomic E-state index is 12.4. The molecule has 1 saturated carbocycles. The highest BCUT2D eigenvalue weighted by Crippen LogP contribution is 2.23. The number of amides is 1. The number of benzene rings is 2. The van der Waals surface area contributed by atoms with Crippen LogP contribution in [0.5, 0.6) is 5.75 Å². The number of aromatic nitrogens is 2. The second-order valence-corrected chi connectivity index (χ2v) is 7.37. The van der Waals surface area contributed by atoms with E-state index in [0.717, 1.165) is 35.1 Å². The first-order chi connectivity index (χ1) is 13.7. The van der Waals surface area contributed by atoms with Gasteiger partial charge in [0.15, 0.2) is 6.10 Å². The molecule has 5 nitrogen and oxygen atoms in total. The number of hydrogen-bond donors (Lipinski definition) is 1. The Morgan fingerprint density at radius 2 is 1.75 bits per heavy atom. The van der Waals surface area contributed by atoms with Crippen LogP contribution in [0.2, 0.25) is 0 Å². The molecule has 1 aliphatic rings. The van der Waals surface area contributed by atoms with Gasteiger partial charge in [-0.05, 0) is 56.2 Å². The van der Waals surface area contributed by atoms with E-state index in [0.29, 0.717) is 11.8 Å². The zero-order valence-corrected chi connectivity index (χ0v) is 16.1. The summed E-state index contributed by atoms with van der Waals surface area (Å²) in [7, 11) is 0. The van der Waals surface area contributed by atoms with Crippen molar-refractivity contribution in [3.63, 3.8) is 0 Å². The molecule has 1 fully saturated rings. The number of para-hydroxylation sites is 2. The second kappa shape index (κ2) is 8.38. The largest absolute Gasteiger partial charge is 0.481 e. The van der Waals surface area contributed by atoms with E-state index in [4.69, 9.17) is 4.74 Å². The van der Waals surface area contributed by atoms with E-state index in [1.807, 2.05) is 48.5 Å². The molecular weight excluding hydrogens is 350 g/mol. The maximum Gasteiger partial charge on any atom is 0.260 e. The van der Waals surface area contributed by atoms with Gasteiger partial charge in [0.25, 0.3) is 5.91 Å². The van der Waals surface area contributed by atoms with Crippen LogP contribution in [-0.2, 0) is 4.79 Å². The lowest BCUT2D eigenvalue weighted by Gasteiger charge is -2.24. The number of ether oxygens (including phenoxy) is 1. The van der Waals surface area contributed by atoms with Crippen molar-refractivity contribution in [2.24, 2.45) is 0 Å². The molecule has 3 aromatic rings. The van der Waals surface area contributed by atoms with E-state index < -0.39 is 6.10 Å². The van der Waals surface area contributed by atoms with Crippen molar-refractivity contribution in [1.82, 2.24) is 15.3 Å². The first kappa shape index (κ1) is 18.4. The molecule has 0 saturated heterocycles. The van der Waals surface area contributed by atoms with Crippen LogP contribution in [0.4, 0.5) is 0 Å². The Balaban J connectivity index is 1.40. The predicted octanol–water partition coefficient (Wildman–Crippen LogP) is 4.51. The maximum atomic E-state index is 12.4. The van der Waals surface area contributed by atoms with Crippen molar-refractivity contribution >= 4 is 16.9 Å². The molecule has 1 aromatic heterocycles. The van der Waals surface area contributed by atoms with Gasteiger partial charge < -0.3 is 10.1 Å². The van der Waals surface area contributed by atoms with E-state index in [1.165, 1.54) is 19.3 Å². The fraction of sp³-hybridized carbons (Fsp3) is 0.348. The Labute approximate surface area is 165 Å². The Morgan fingerprint density at radius 1 is 1.04 bits per heavy atom. The quantitative estimate of drug-likeness (QED) is 0.712. The van der Waals surface area contributed by atoms with Crippen LogP contribution in [0.1, 0.15) is 39.0 Å². The van der Waals surface area contributed by atoms with Crippen LogP contribution >= 0.6 is 0 Å². The number of hydrogen-bond acceptors (Lipinski definition) is 4. The van der Waals surface area contributed by atoms with E-state index in [-0.39, 0.29) is 5.91 Å². The Bertz CT molecular complexity index is 949. The summed E-state index contributed by atoms with van der Waals surface area (Å²) < 4.78 is 5.83. The SMILES string of the molecule is CC(Oc1ccc(-c2cnc3ccccc3n2)cc1)C(=O)NC1CCCCC1. The van der Waals surface area contributed by atoms with Gasteiger partial charge >= 0.3 is 0 Å². The van der Waals surface area contributed by atoms with Crippen LogP contribution in [0.3, 0.4) is 0 Å². The van der Waals surface area contributed by atoms with Gasteiger partial charge in [-0.15, -0.1) is 0 Å². The highest BCUT2D eigenvalue weighted by Gasteiger charge is 2.20. The molecule has 1 N–H and O–H groups in total. The summed E-state index contributed by atoms with van der Waals surface area (Å²) in [6.45, 7) is 1.79. The van der Waals surface area contributed by atoms with Gasteiger partial charge in [-0.3, -0.25) is 9.78 Å². The van der Waals surface area contributed by atoms with Crippen LogP contribution in [0, 0.1) is 0 Å². The molecule has 2 aromatic carbocycles. The summed E-state index contributed by atoms with van der Waals surface area (Å²) in [4.78, 5) is 21.5. The average Bonchev–Trinajstić information content (AvgIpc) is 2.74. The standard InChI is InChI=1S/C23H25N3O2/c1-16(23(27)25-18-7-3-2-4-8-18)28-19-13-11-17(12-14-19)22-15-24-20-9-5-6-10-21(20)26-22/h5-6,9-16,18H,2-4,7-8H2,1H3,(H,25,27). The molecule has 1 aliphatic carbocycles. The van der Waals surface area contributed by atoms with Crippen LogP contribution in [0.15, 0.2) is 54.7 Å². The normalized spacial score (nSPS) is 15.9. The van der Waals surface area contributed by atoms with Gasteiger partial charge in [0, 0.05) is 11.6 Å². The molecule has 0 spiro atoms. The molecule has 5 heteroatoms. The topological polar surface area (TPSA) is 64.1 Å². The molecule has 4 rings (SSSR count). The van der Waals surface area contributed by atoms with Crippen molar-refractivity contribution < 1.29 is 9.53 Å². The lowest BCUT2D eigenvalue weighted by atomic mass is 9.95. The molecule has 1 amide bonds. The highest BCUT2D eigenvalue weighted by atomic mass is 16.5. The molecule has 1 unspecified atom stereocenters. The zero-order chi connectivity index (χ0) is 19.3. The van der Waals surface area contributed by atoms with Gasteiger partial charge in [0.05, 0.1) is 22.9 Å². The molecule has 144 valence electrons. The average molecular weight is 375 g/mol. The second-order valence-electron chi connectivity index (χ2n) is 7.37. The van der Waals surface area contributed by atoms with Crippen molar-refractivity contribution in [3.05, 3.63) is 54.7 Å². The molecule has 0 aliphatic heterocycles. The summed E-state index contributed by atoms with van der Waals surface area (Å²) in [6.07, 6.45) is 7.05. The van der Waals surface area contributed by atoms with E-state index in [2.05, 4.69) is 15.3 Å². The lowest BCUT2D eigenvalue weighted by molar-refractivity contribution is -0.128. The Hall–Kier alpha value is -2.95. The molecule has 1 heterocycles. The first-order valence-corrected chi connectivity index (χ1v) is 9.98. The predicted molar refractivity (Wildman–Crippen MR) is 110 cm³/mol. The van der Waals surface area contributed by atoms with Crippen LogP contribution in [-0.4, -0.2) is 28.0 Å². The number of rotatable bonds is 5. The summed E-state index contributed by atoms with van der Waals surface area (Å²) in [5.41, 5.74) is 3.52. The van der Waals surface area contributed by atoms with E-state index >= 15 is 0 Å². The van der Waals surface area contributed by atoms with Crippen LogP contribution in [0.25, 0.3) is 22.3 Å². The summed E-state index contributed by atoms with van der Waals surface area (Å²) in [5, 5.41) is 3.11. The number of fused-ring (bicyclic) bond motifs is 1. The van der Waals surface area contributed by atoms with Crippen molar-refractivity contribution in [1.29, 1.82) is 0 Å². The molecule has 0 bridgehead atoms. The minimum atomic E-state index is -0.520. The summed E-state index contributed by atoms with van der Waals surface area (Å²) in [5.74, 6) is 0.625. The van der Waals surface area contributed by atoms with Crippen LogP contribution < -0.4 is 10.1 Å².